The standard InChI is InChI=1S/C20H43AsO/c1-3-4-5-6-7-8-9-10-11-12-13-14-15-16-17-18-19-21-20(2)22/h20-22H,3-19H2,1-2H3. The molecule has 0 aliphatic rings. The molecule has 0 aromatic carbocycles. The summed E-state index contributed by atoms with van der Waals surface area (Å²) in [4.78, 5) is 0.0244. The van der Waals surface area contributed by atoms with Gasteiger partial charge in [-0.1, -0.05) is 39.0 Å². The van der Waals surface area contributed by atoms with Crippen molar-refractivity contribution in [3.05, 3.63) is 0 Å². The number of unbranched alkanes of at least 4 members (excludes halogenated alkanes) is 15. The molecule has 0 saturated heterocycles. The summed E-state index contributed by atoms with van der Waals surface area (Å²) < 4.78 is 0. The Hall–Kier alpha value is 0.518. The summed E-state index contributed by atoms with van der Waals surface area (Å²) in [5, 5.41) is 10.6. The molecule has 0 amide bonds. The molecule has 134 valence electrons. The van der Waals surface area contributed by atoms with E-state index >= 15 is 0 Å². The van der Waals surface area contributed by atoms with E-state index in [1.807, 2.05) is 6.92 Å². The van der Waals surface area contributed by atoms with E-state index in [-0.39, 0.29) is 20.6 Å². The molecule has 0 spiro atoms. The molecular formula is C20H43AsO. The maximum absolute atomic E-state index is 9.23. The Morgan fingerprint density at radius 3 is 1.23 bits per heavy atom. The fourth-order valence-electron chi connectivity index (χ4n) is 2.98. The SMILES string of the molecule is CCCCCCCCCCCCCCCCCC[AsH]C(C)O. The predicted octanol–water partition coefficient (Wildman–Crippen LogP) is 6.44. The van der Waals surface area contributed by atoms with Gasteiger partial charge >= 0.3 is 109 Å². The predicted molar refractivity (Wildman–Crippen MR) is 103 cm³/mol. The number of hydrogen-bond donors (Lipinski definition) is 1. The molecule has 2 unspecified atom stereocenters. The molecule has 0 fully saturated rings. The van der Waals surface area contributed by atoms with Crippen molar-refractivity contribution in [2.45, 2.75) is 127 Å². The third-order valence-electron chi connectivity index (χ3n) is 4.47. The molecule has 0 aliphatic heterocycles. The van der Waals surface area contributed by atoms with Gasteiger partial charge in [0.15, 0.2) is 0 Å². The third kappa shape index (κ3) is 20.5. The van der Waals surface area contributed by atoms with Gasteiger partial charge in [-0.25, -0.2) is 0 Å². The van der Waals surface area contributed by atoms with Crippen molar-refractivity contribution < 1.29 is 5.11 Å². The van der Waals surface area contributed by atoms with Crippen LogP contribution in [0.4, 0.5) is 0 Å². The minimum absolute atomic E-state index is 0.0244. The molecule has 1 N–H and O–H groups in total. The van der Waals surface area contributed by atoms with E-state index < -0.39 is 0 Å². The Morgan fingerprint density at radius 1 is 0.591 bits per heavy atom. The summed E-state index contributed by atoms with van der Waals surface area (Å²) in [6.45, 7) is 4.24. The van der Waals surface area contributed by atoms with Crippen LogP contribution in [0.5, 0.6) is 0 Å². The topological polar surface area (TPSA) is 20.2 Å². The van der Waals surface area contributed by atoms with Gasteiger partial charge in [0.05, 0.1) is 0 Å². The molecule has 0 bridgehead atoms. The summed E-state index contributed by atoms with van der Waals surface area (Å²) >= 11 is -0.0482. The summed E-state index contributed by atoms with van der Waals surface area (Å²) in [5.74, 6) is 0. The molecule has 0 aromatic heterocycles. The van der Waals surface area contributed by atoms with Gasteiger partial charge in [0.2, 0.25) is 0 Å². The zero-order valence-electron chi connectivity index (χ0n) is 15.5. The van der Waals surface area contributed by atoms with Crippen molar-refractivity contribution in [2.75, 3.05) is 0 Å². The monoisotopic (exact) mass is 374 g/mol. The summed E-state index contributed by atoms with van der Waals surface area (Å²) in [5.41, 5.74) is 0. The van der Waals surface area contributed by atoms with Gasteiger partial charge in [0.1, 0.15) is 0 Å². The van der Waals surface area contributed by atoms with Crippen molar-refractivity contribution >= 4 is 15.8 Å². The van der Waals surface area contributed by atoms with Crippen molar-refractivity contribution in [3.63, 3.8) is 0 Å². The van der Waals surface area contributed by atoms with E-state index in [0.717, 1.165) is 0 Å². The fraction of sp³-hybridized carbons (Fsp3) is 1.00. The molecule has 2 heteroatoms. The van der Waals surface area contributed by atoms with Crippen molar-refractivity contribution in [2.24, 2.45) is 0 Å². The first kappa shape index (κ1) is 22.5. The second-order valence-corrected chi connectivity index (χ2v) is 10.6. The van der Waals surface area contributed by atoms with Gasteiger partial charge < -0.3 is 0 Å². The Morgan fingerprint density at radius 2 is 0.909 bits per heavy atom. The fourth-order valence-corrected chi connectivity index (χ4v) is 4.81. The van der Waals surface area contributed by atoms with Gasteiger partial charge in [-0.2, -0.15) is 0 Å². The molecule has 2 atom stereocenters. The van der Waals surface area contributed by atoms with Crippen LogP contribution < -0.4 is 0 Å². The summed E-state index contributed by atoms with van der Waals surface area (Å²) in [6.07, 6.45) is 23.1. The first-order valence-electron chi connectivity index (χ1n) is 10.2. The van der Waals surface area contributed by atoms with E-state index in [9.17, 15) is 5.11 Å². The van der Waals surface area contributed by atoms with E-state index in [1.54, 1.807) is 0 Å². The molecular weight excluding hydrogens is 331 g/mol. The molecule has 0 radical (unpaired) electrons. The first-order valence-corrected chi connectivity index (χ1v) is 12.9. The first-order chi connectivity index (χ1) is 10.8. The zero-order chi connectivity index (χ0) is 16.3. The number of aliphatic hydroxyl groups excluding tert-OH is 1. The molecule has 22 heavy (non-hydrogen) atoms. The third-order valence-corrected chi connectivity index (χ3v) is 7.06. The van der Waals surface area contributed by atoms with Gasteiger partial charge in [-0.15, -0.1) is 0 Å². The molecule has 0 rings (SSSR count). The Labute approximate surface area is 147 Å². The Kier molecular flexibility index (Phi) is 20.0. The zero-order valence-corrected chi connectivity index (χ0v) is 17.6. The van der Waals surface area contributed by atoms with Crippen LogP contribution in [0, 0.1) is 0 Å². The van der Waals surface area contributed by atoms with Crippen molar-refractivity contribution in [1.82, 2.24) is 0 Å². The van der Waals surface area contributed by atoms with Gasteiger partial charge in [0, 0.05) is 0 Å². The van der Waals surface area contributed by atoms with E-state index in [1.165, 1.54) is 108 Å². The van der Waals surface area contributed by atoms with E-state index in [4.69, 9.17) is 0 Å². The summed E-state index contributed by atoms with van der Waals surface area (Å²) in [6, 6.07) is 0. The number of rotatable bonds is 18. The van der Waals surface area contributed by atoms with Gasteiger partial charge in [-0.05, 0) is 0 Å². The normalized spacial score (nSPS) is 13.2. The van der Waals surface area contributed by atoms with E-state index in [0.29, 0.717) is 0 Å². The van der Waals surface area contributed by atoms with Crippen molar-refractivity contribution in [3.8, 4) is 0 Å². The van der Waals surface area contributed by atoms with Crippen LogP contribution in [0.2, 0.25) is 5.21 Å². The minimum atomic E-state index is -0.0482. The van der Waals surface area contributed by atoms with E-state index in [2.05, 4.69) is 6.92 Å². The second kappa shape index (κ2) is 19.6. The van der Waals surface area contributed by atoms with Crippen LogP contribution >= 0.6 is 0 Å². The van der Waals surface area contributed by atoms with Crippen molar-refractivity contribution in [1.29, 1.82) is 0 Å². The molecule has 0 saturated carbocycles. The molecule has 0 aliphatic carbocycles. The number of aliphatic hydroxyl groups is 1. The molecule has 1 nitrogen and oxygen atoms in total. The molecule has 0 heterocycles. The van der Waals surface area contributed by atoms with Crippen LogP contribution in [0.25, 0.3) is 0 Å². The average Bonchev–Trinajstić information content (AvgIpc) is 2.50. The van der Waals surface area contributed by atoms with Gasteiger partial charge in [-0.3, -0.25) is 0 Å². The van der Waals surface area contributed by atoms with Gasteiger partial charge in [0.25, 0.3) is 0 Å². The Balaban J connectivity index is 2.94. The Bertz CT molecular complexity index is 194. The maximum atomic E-state index is 9.23. The van der Waals surface area contributed by atoms with Crippen LogP contribution in [0.15, 0.2) is 0 Å². The number of hydrogen-bond acceptors (Lipinski definition) is 1. The quantitative estimate of drug-likeness (QED) is 0.216. The van der Waals surface area contributed by atoms with Crippen LogP contribution in [-0.4, -0.2) is 25.8 Å². The van der Waals surface area contributed by atoms with Crippen LogP contribution in [0.3, 0.4) is 0 Å². The molecule has 0 aromatic rings. The second-order valence-electron chi connectivity index (χ2n) is 6.93. The summed E-state index contributed by atoms with van der Waals surface area (Å²) in [7, 11) is 0. The van der Waals surface area contributed by atoms with Crippen LogP contribution in [-0.2, 0) is 0 Å². The van der Waals surface area contributed by atoms with Crippen LogP contribution in [0.1, 0.15) is 117 Å². The average molecular weight is 374 g/mol.